The van der Waals surface area contributed by atoms with E-state index in [2.05, 4.69) is 4.98 Å². The van der Waals surface area contributed by atoms with Crippen LogP contribution in [0.4, 0.5) is 0 Å². The molecule has 0 spiro atoms. The first kappa shape index (κ1) is 22.2. The topological polar surface area (TPSA) is 98.1 Å². The summed E-state index contributed by atoms with van der Waals surface area (Å²) in [4.78, 5) is 16.0. The Bertz CT molecular complexity index is 959. The van der Waals surface area contributed by atoms with E-state index < -0.39 is 5.97 Å². The van der Waals surface area contributed by atoms with Crippen LogP contribution in [-0.2, 0) is 11.2 Å². The zero-order valence-electron chi connectivity index (χ0n) is 17.5. The van der Waals surface area contributed by atoms with Gasteiger partial charge >= 0.3 is 5.97 Å². The molecule has 1 atom stereocenters. The Hall–Kier alpha value is -2.51. The fourth-order valence-corrected chi connectivity index (χ4v) is 4.12. The Balaban J connectivity index is 2.15. The molecule has 0 amide bonds. The normalized spacial score (nSPS) is 14.9. The summed E-state index contributed by atoms with van der Waals surface area (Å²) >= 11 is 6.14. The molecule has 0 fully saturated rings. The standard InChI is InChI=1S/C22H26ClNO6/c1-11(2)13-8-12-9-16(30-7-5-6-28-3)15(29-4)10-14(12)19-17(13)20(25)18(22(26)27)21(23)24-19/h9-11,13H,5-8H2,1-4H3,(H,24,25)(H,26,27). The highest BCUT2D eigenvalue weighted by Crippen LogP contribution is 2.50. The molecule has 0 bridgehead atoms. The molecule has 1 heterocycles. The van der Waals surface area contributed by atoms with Crippen LogP contribution in [-0.4, -0.2) is 48.6 Å². The maximum atomic E-state index is 11.6. The minimum Gasteiger partial charge on any atom is -0.507 e. The van der Waals surface area contributed by atoms with Gasteiger partial charge in [0.2, 0.25) is 0 Å². The molecule has 30 heavy (non-hydrogen) atoms. The van der Waals surface area contributed by atoms with E-state index in [0.717, 1.165) is 17.5 Å². The molecule has 0 saturated heterocycles. The number of fused-ring (bicyclic) bond motifs is 3. The summed E-state index contributed by atoms with van der Waals surface area (Å²) in [5.41, 5.74) is 2.35. The lowest BCUT2D eigenvalue weighted by Gasteiger charge is -2.31. The van der Waals surface area contributed by atoms with Crippen molar-refractivity contribution in [3.63, 3.8) is 0 Å². The number of aromatic nitrogens is 1. The van der Waals surface area contributed by atoms with Gasteiger partial charge in [0.15, 0.2) is 11.5 Å². The maximum absolute atomic E-state index is 11.6. The van der Waals surface area contributed by atoms with Gasteiger partial charge in [-0.2, -0.15) is 0 Å². The van der Waals surface area contributed by atoms with Crippen molar-refractivity contribution < 1.29 is 29.2 Å². The molecule has 0 radical (unpaired) electrons. The van der Waals surface area contributed by atoms with Crippen molar-refractivity contribution in [2.75, 3.05) is 27.4 Å². The molecule has 2 N–H and O–H groups in total. The van der Waals surface area contributed by atoms with E-state index in [1.807, 2.05) is 19.9 Å². The first-order chi connectivity index (χ1) is 14.3. The summed E-state index contributed by atoms with van der Waals surface area (Å²) in [6, 6.07) is 3.73. The highest BCUT2D eigenvalue weighted by Gasteiger charge is 2.35. The van der Waals surface area contributed by atoms with Crippen LogP contribution in [0.1, 0.15) is 47.7 Å². The van der Waals surface area contributed by atoms with Crippen molar-refractivity contribution in [1.82, 2.24) is 4.98 Å². The molecule has 0 saturated carbocycles. The molecule has 2 aromatic rings. The van der Waals surface area contributed by atoms with Crippen LogP contribution >= 0.6 is 11.6 Å². The quantitative estimate of drug-likeness (QED) is 0.464. The molecule has 1 aliphatic carbocycles. The molecule has 1 aromatic carbocycles. The van der Waals surface area contributed by atoms with E-state index in [9.17, 15) is 15.0 Å². The second kappa shape index (κ2) is 9.10. The minimum atomic E-state index is -1.31. The summed E-state index contributed by atoms with van der Waals surface area (Å²) in [6.07, 6.45) is 1.35. The van der Waals surface area contributed by atoms with E-state index in [4.69, 9.17) is 25.8 Å². The largest absolute Gasteiger partial charge is 0.507 e. The summed E-state index contributed by atoms with van der Waals surface area (Å²) in [7, 11) is 3.20. The van der Waals surface area contributed by atoms with Gasteiger partial charge in [0.1, 0.15) is 16.5 Å². The maximum Gasteiger partial charge on any atom is 0.342 e. The second-order valence-corrected chi connectivity index (χ2v) is 7.96. The molecular weight excluding hydrogens is 410 g/mol. The predicted octanol–water partition coefficient (Wildman–Crippen LogP) is 4.53. The van der Waals surface area contributed by atoms with Crippen molar-refractivity contribution in [3.8, 4) is 28.5 Å². The number of benzene rings is 1. The lowest BCUT2D eigenvalue weighted by molar-refractivity contribution is 0.0693. The van der Waals surface area contributed by atoms with Gasteiger partial charge in [-0.25, -0.2) is 9.78 Å². The molecule has 1 aromatic heterocycles. The minimum absolute atomic E-state index is 0.120. The van der Waals surface area contributed by atoms with E-state index in [1.54, 1.807) is 20.3 Å². The number of carbonyl (C=O) groups is 1. The van der Waals surface area contributed by atoms with Crippen molar-refractivity contribution in [2.24, 2.45) is 5.92 Å². The Morgan fingerprint density at radius 1 is 1.27 bits per heavy atom. The zero-order valence-corrected chi connectivity index (χ0v) is 18.2. The number of aromatic hydroxyl groups is 1. The number of methoxy groups -OCH3 is 2. The number of pyridine rings is 1. The average Bonchev–Trinajstić information content (AvgIpc) is 2.69. The van der Waals surface area contributed by atoms with E-state index >= 15 is 0 Å². The van der Waals surface area contributed by atoms with Gasteiger partial charge in [-0.15, -0.1) is 0 Å². The van der Waals surface area contributed by atoms with Gasteiger partial charge in [0.25, 0.3) is 0 Å². The fraction of sp³-hybridized carbons (Fsp3) is 0.455. The van der Waals surface area contributed by atoms with Gasteiger partial charge in [-0.1, -0.05) is 25.4 Å². The van der Waals surface area contributed by atoms with Gasteiger partial charge in [-0.05, 0) is 36.0 Å². The van der Waals surface area contributed by atoms with Crippen LogP contribution in [0, 0.1) is 5.92 Å². The number of carboxylic acids is 1. The van der Waals surface area contributed by atoms with E-state index in [1.165, 1.54) is 0 Å². The number of nitrogens with zero attached hydrogens (tertiary/aromatic N) is 1. The average molecular weight is 436 g/mol. The SMILES string of the molecule is COCCCOc1cc2c(cc1OC)-c1nc(Cl)c(C(=O)O)c(O)c1C(C(C)C)C2. The zero-order chi connectivity index (χ0) is 22.0. The van der Waals surface area contributed by atoms with Crippen LogP contribution in [0.3, 0.4) is 0 Å². The lowest BCUT2D eigenvalue weighted by Crippen LogP contribution is -2.19. The third kappa shape index (κ3) is 4.04. The number of rotatable bonds is 8. The van der Waals surface area contributed by atoms with Crippen LogP contribution in [0.15, 0.2) is 12.1 Å². The first-order valence-electron chi connectivity index (χ1n) is 9.78. The van der Waals surface area contributed by atoms with Crippen molar-refractivity contribution in [1.29, 1.82) is 0 Å². The third-order valence-corrected chi connectivity index (χ3v) is 5.66. The number of halogens is 1. The Kier molecular flexibility index (Phi) is 6.73. The first-order valence-corrected chi connectivity index (χ1v) is 10.2. The van der Waals surface area contributed by atoms with Crippen LogP contribution in [0.25, 0.3) is 11.3 Å². The molecule has 7 nitrogen and oxygen atoms in total. The fourth-order valence-electron chi connectivity index (χ4n) is 3.86. The summed E-state index contributed by atoms with van der Waals surface area (Å²) in [6.45, 7) is 5.14. The van der Waals surface area contributed by atoms with Crippen molar-refractivity contribution in [2.45, 2.75) is 32.6 Å². The highest BCUT2D eigenvalue weighted by atomic mass is 35.5. The smallest absolute Gasteiger partial charge is 0.342 e. The number of aromatic carboxylic acids is 1. The summed E-state index contributed by atoms with van der Waals surface area (Å²) < 4.78 is 16.5. The molecule has 3 rings (SSSR count). The van der Waals surface area contributed by atoms with Gasteiger partial charge in [0, 0.05) is 31.3 Å². The number of hydrogen-bond donors (Lipinski definition) is 2. The summed E-state index contributed by atoms with van der Waals surface area (Å²) in [5, 5.41) is 20.0. The Morgan fingerprint density at radius 2 is 2.00 bits per heavy atom. The Morgan fingerprint density at radius 3 is 2.60 bits per heavy atom. The van der Waals surface area contributed by atoms with Crippen molar-refractivity contribution in [3.05, 3.63) is 34.0 Å². The van der Waals surface area contributed by atoms with Crippen LogP contribution in [0.2, 0.25) is 5.15 Å². The van der Waals surface area contributed by atoms with E-state index in [-0.39, 0.29) is 28.3 Å². The van der Waals surface area contributed by atoms with Gasteiger partial charge in [0.05, 0.1) is 19.4 Å². The van der Waals surface area contributed by atoms with Crippen molar-refractivity contribution >= 4 is 17.6 Å². The highest BCUT2D eigenvalue weighted by molar-refractivity contribution is 6.33. The van der Waals surface area contributed by atoms with E-state index in [0.29, 0.717) is 42.4 Å². The molecule has 1 aliphatic rings. The van der Waals surface area contributed by atoms with Gasteiger partial charge in [-0.3, -0.25) is 0 Å². The van der Waals surface area contributed by atoms with Crippen LogP contribution in [0.5, 0.6) is 17.2 Å². The lowest BCUT2D eigenvalue weighted by atomic mass is 9.75. The second-order valence-electron chi connectivity index (χ2n) is 7.60. The monoisotopic (exact) mass is 435 g/mol. The molecular formula is C22H26ClNO6. The Labute approximate surface area is 180 Å². The summed E-state index contributed by atoms with van der Waals surface area (Å²) in [5.74, 6) is -0.458. The third-order valence-electron chi connectivity index (χ3n) is 5.39. The molecule has 162 valence electrons. The van der Waals surface area contributed by atoms with Crippen LogP contribution < -0.4 is 9.47 Å². The molecule has 8 heteroatoms. The number of carboxylic acid groups (broad SMARTS) is 1. The van der Waals surface area contributed by atoms with Gasteiger partial charge < -0.3 is 24.4 Å². The number of hydrogen-bond acceptors (Lipinski definition) is 6. The molecule has 1 unspecified atom stereocenters. The predicted molar refractivity (Wildman–Crippen MR) is 113 cm³/mol. The number of ether oxygens (including phenoxy) is 3. The molecule has 0 aliphatic heterocycles.